The molecule has 1 heterocycles. The van der Waals surface area contributed by atoms with Crippen molar-refractivity contribution < 1.29 is 9.90 Å². The summed E-state index contributed by atoms with van der Waals surface area (Å²) in [7, 11) is 0. The zero-order valence-corrected chi connectivity index (χ0v) is 11.3. The zero-order chi connectivity index (χ0) is 13.1. The lowest BCUT2D eigenvalue weighted by atomic mass is 9.94. The van der Waals surface area contributed by atoms with Crippen molar-refractivity contribution in [3.63, 3.8) is 0 Å². The van der Waals surface area contributed by atoms with Crippen LogP contribution in [0.2, 0.25) is 5.02 Å². The number of aromatic hydroxyl groups is 1. The molecule has 1 aromatic carbocycles. The van der Waals surface area contributed by atoms with Crippen LogP contribution in [0.5, 0.6) is 5.75 Å². The fourth-order valence-electron chi connectivity index (χ4n) is 2.37. The van der Waals surface area contributed by atoms with Gasteiger partial charge in [-0.2, -0.15) is 0 Å². The number of rotatable bonds is 2. The molecule has 2 rings (SSSR count). The van der Waals surface area contributed by atoms with Crippen LogP contribution < -0.4 is 0 Å². The first kappa shape index (κ1) is 13.2. The fourth-order valence-corrected chi connectivity index (χ4v) is 2.55. The number of phenolic OH excluding ortho intramolecular Hbond substituents is 1. The Labute approximate surface area is 112 Å². The third kappa shape index (κ3) is 2.78. The molecule has 1 fully saturated rings. The molecule has 0 aromatic heterocycles. The van der Waals surface area contributed by atoms with Crippen molar-refractivity contribution in [2.45, 2.75) is 26.2 Å². The highest BCUT2D eigenvalue weighted by atomic mass is 35.5. The molecule has 18 heavy (non-hydrogen) atoms. The van der Waals surface area contributed by atoms with Gasteiger partial charge in [-0.1, -0.05) is 24.9 Å². The van der Waals surface area contributed by atoms with Crippen molar-refractivity contribution >= 4 is 17.5 Å². The average Bonchev–Trinajstić information content (AvgIpc) is 2.41. The van der Waals surface area contributed by atoms with Crippen molar-refractivity contribution in [1.82, 2.24) is 4.90 Å². The molecular weight excluding hydrogens is 250 g/mol. The first-order valence-corrected chi connectivity index (χ1v) is 6.77. The Hall–Kier alpha value is -1.22. The van der Waals surface area contributed by atoms with E-state index in [1.165, 1.54) is 18.6 Å². The van der Waals surface area contributed by atoms with Crippen LogP contribution in [0, 0.1) is 5.92 Å². The molecule has 0 aliphatic carbocycles. The molecule has 1 saturated heterocycles. The Balaban J connectivity index is 2.05. The van der Waals surface area contributed by atoms with Gasteiger partial charge in [-0.05, 0) is 37.0 Å². The van der Waals surface area contributed by atoms with E-state index in [2.05, 4.69) is 6.92 Å². The second-order valence-electron chi connectivity index (χ2n) is 4.81. The number of benzene rings is 1. The van der Waals surface area contributed by atoms with Gasteiger partial charge in [0.05, 0.1) is 5.02 Å². The summed E-state index contributed by atoms with van der Waals surface area (Å²) in [6, 6.07) is 4.62. The predicted octanol–water partition coefficient (Wildman–Crippen LogP) is 3.31. The maximum atomic E-state index is 12.2. The van der Waals surface area contributed by atoms with Gasteiger partial charge in [-0.15, -0.1) is 0 Å². The predicted molar refractivity (Wildman–Crippen MR) is 72.0 cm³/mol. The summed E-state index contributed by atoms with van der Waals surface area (Å²) in [5.74, 6) is 0.766. The summed E-state index contributed by atoms with van der Waals surface area (Å²) < 4.78 is 0. The molecule has 1 amide bonds. The number of nitrogens with zero attached hydrogens (tertiary/aromatic N) is 1. The van der Waals surface area contributed by atoms with Crippen LogP contribution in [-0.4, -0.2) is 29.0 Å². The van der Waals surface area contributed by atoms with Crippen molar-refractivity contribution in [3.05, 3.63) is 28.8 Å². The Morgan fingerprint density at radius 2 is 2.11 bits per heavy atom. The normalized spacial score (nSPS) is 16.9. The first-order chi connectivity index (χ1) is 8.61. The second-order valence-corrected chi connectivity index (χ2v) is 5.22. The Morgan fingerprint density at radius 1 is 1.44 bits per heavy atom. The average molecular weight is 268 g/mol. The minimum atomic E-state index is 0.00598. The number of likely N-dealkylation sites (tertiary alicyclic amines) is 1. The highest BCUT2D eigenvalue weighted by Crippen LogP contribution is 2.26. The van der Waals surface area contributed by atoms with Gasteiger partial charge >= 0.3 is 0 Å². The molecule has 0 spiro atoms. The van der Waals surface area contributed by atoms with Crippen LogP contribution in [-0.2, 0) is 0 Å². The molecule has 1 aliphatic heterocycles. The Kier molecular flexibility index (Phi) is 4.12. The Bertz CT molecular complexity index is 439. The van der Waals surface area contributed by atoms with Crippen LogP contribution in [0.3, 0.4) is 0 Å². The van der Waals surface area contributed by atoms with E-state index in [-0.39, 0.29) is 16.7 Å². The summed E-state index contributed by atoms with van der Waals surface area (Å²) in [5.41, 5.74) is 0.549. The molecule has 98 valence electrons. The Morgan fingerprint density at radius 3 is 2.67 bits per heavy atom. The lowest BCUT2D eigenvalue weighted by Crippen LogP contribution is -2.38. The summed E-state index contributed by atoms with van der Waals surface area (Å²) in [6.07, 6.45) is 3.34. The van der Waals surface area contributed by atoms with Gasteiger partial charge < -0.3 is 10.0 Å². The van der Waals surface area contributed by atoms with E-state index in [0.717, 1.165) is 31.8 Å². The molecule has 1 aliphatic rings. The maximum Gasteiger partial charge on any atom is 0.253 e. The van der Waals surface area contributed by atoms with Gasteiger partial charge in [0, 0.05) is 18.7 Å². The summed E-state index contributed by atoms with van der Waals surface area (Å²) in [5, 5.41) is 9.57. The number of amides is 1. The number of carbonyl (C=O) groups excluding carboxylic acids is 1. The van der Waals surface area contributed by atoms with Crippen LogP contribution in [0.4, 0.5) is 0 Å². The highest BCUT2D eigenvalue weighted by Gasteiger charge is 2.22. The molecule has 0 bridgehead atoms. The van der Waals surface area contributed by atoms with E-state index >= 15 is 0 Å². The molecular formula is C14H18ClNO2. The van der Waals surface area contributed by atoms with Gasteiger partial charge in [0.2, 0.25) is 0 Å². The monoisotopic (exact) mass is 267 g/mol. The smallest absolute Gasteiger partial charge is 0.253 e. The fraction of sp³-hybridized carbons (Fsp3) is 0.500. The highest BCUT2D eigenvalue weighted by molar-refractivity contribution is 6.32. The molecule has 1 N–H and O–H groups in total. The van der Waals surface area contributed by atoms with Gasteiger partial charge in [0.15, 0.2) is 0 Å². The maximum absolute atomic E-state index is 12.2. The van der Waals surface area contributed by atoms with E-state index in [1.807, 2.05) is 4.90 Å². The summed E-state index contributed by atoms with van der Waals surface area (Å²) in [4.78, 5) is 14.1. The second kappa shape index (κ2) is 5.61. The topological polar surface area (TPSA) is 40.5 Å². The van der Waals surface area contributed by atoms with Crippen molar-refractivity contribution in [2.24, 2.45) is 5.92 Å². The minimum absolute atomic E-state index is 0.00598. The number of piperidine rings is 1. The quantitative estimate of drug-likeness (QED) is 0.893. The molecule has 1 aromatic rings. The lowest BCUT2D eigenvalue weighted by molar-refractivity contribution is 0.0689. The molecule has 0 radical (unpaired) electrons. The molecule has 0 saturated carbocycles. The van der Waals surface area contributed by atoms with Gasteiger partial charge in [0.25, 0.3) is 5.91 Å². The largest absolute Gasteiger partial charge is 0.506 e. The minimum Gasteiger partial charge on any atom is -0.506 e. The van der Waals surface area contributed by atoms with Crippen LogP contribution in [0.25, 0.3) is 0 Å². The van der Waals surface area contributed by atoms with Crippen molar-refractivity contribution in [2.75, 3.05) is 13.1 Å². The van der Waals surface area contributed by atoms with E-state index in [0.29, 0.717) is 5.56 Å². The number of phenols is 1. The first-order valence-electron chi connectivity index (χ1n) is 6.39. The SMILES string of the molecule is CCC1CCN(C(=O)c2ccc(O)c(Cl)c2)CC1. The van der Waals surface area contributed by atoms with E-state index in [1.54, 1.807) is 6.07 Å². The third-order valence-corrected chi connectivity index (χ3v) is 3.98. The van der Waals surface area contributed by atoms with E-state index in [9.17, 15) is 9.90 Å². The van der Waals surface area contributed by atoms with Crippen molar-refractivity contribution in [3.8, 4) is 5.75 Å². The zero-order valence-electron chi connectivity index (χ0n) is 10.5. The van der Waals surface area contributed by atoms with Crippen LogP contribution in [0.1, 0.15) is 36.5 Å². The lowest BCUT2D eigenvalue weighted by Gasteiger charge is -2.31. The standard InChI is InChI=1S/C14H18ClNO2/c1-2-10-5-7-16(8-6-10)14(18)11-3-4-13(17)12(15)9-11/h3-4,9-10,17H,2,5-8H2,1H3. The van der Waals surface area contributed by atoms with Crippen LogP contribution in [0.15, 0.2) is 18.2 Å². The molecule has 4 heteroatoms. The van der Waals surface area contributed by atoms with Gasteiger partial charge in [-0.3, -0.25) is 4.79 Å². The summed E-state index contributed by atoms with van der Waals surface area (Å²) in [6.45, 7) is 3.83. The van der Waals surface area contributed by atoms with Crippen LogP contribution >= 0.6 is 11.6 Å². The molecule has 0 unspecified atom stereocenters. The number of hydrogen-bond acceptors (Lipinski definition) is 2. The third-order valence-electron chi connectivity index (χ3n) is 3.67. The summed E-state index contributed by atoms with van der Waals surface area (Å²) >= 11 is 5.82. The van der Waals surface area contributed by atoms with E-state index in [4.69, 9.17) is 11.6 Å². The molecule has 3 nitrogen and oxygen atoms in total. The number of carbonyl (C=O) groups is 1. The van der Waals surface area contributed by atoms with Gasteiger partial charge in [-0.25, -0.2) is 0 Å². The van der Waals surface area contributed by atoms with Gasteiger partial charge in [0.1, 0.15) is 5.75 Å². The van der Waals surface area contributed by atoms with E-state index < -0.39 is 0 Å². The number of hydrogen-bond donors (Lipinski definition) is 1. The number of halogens is 1. The van der Waals surface area contributed by atoms with Crippen molar-refractivity contribution in [1.29, 1.82) is 0 Å². The molecule has 0 atom stereocenters.